The number of rotatable bonds is 3. The molecule has 0 spiro atoms. The summed E-state index contributed by atoms with van der Waals surface area (Å²) in [5.41, 5.74) is 2.44. The molecule has 0 saturated carbocycles. The summed E-state index contributed by atoms with van der Waals surface area (Å²) in [5, 5.41) is 0. The fourth-order valence-corrected chi connectivity index (χ4v) is 1.38. The third kappa shape index (κ3) is 4.72. The van der Waals surface area contributed by atoms with Gasteiger partial charge in [-0.05, 0) is 17.7 Å². The highest BCUT2D eigenvalue weighted by Gasteiger charge is 1.94. The van der Waals surface area contributed by atoms with Crippen LogP contribution in [0.5, 0.6) is 5.75 Å². The minimum atomic E-state index is 0. The van der Waals surface area contributed by atoms with Gasteiger partial charge in [0.15, 0.2) is 0 Å². The summed E-state index contributed by atoms with van der Waals surface area (Å²) >= 11 is 0. The molecule has 90 valence electrons. The fraction of sp³-hybridized carbons (Fsp3) is 0.0769. The standard InChI is InChI=1S/C13H13BO.2H2O/c14-12-6-8-13(9-7-12)15-10-11-4-2-1-3-5-11;;/h1-9H,10,14H2;2*1H2. The van der Waals surface area contributed by atoms with Gasteiger partial charge in [-0.2, -0.15) is 0 Å². The van der Waals surface area contributed by atoms with Crippen LogP contribution in [0.2, 0.25) is 0 Å². The lowest BCUT2D eigenvalue weighted by atomic mass is 9.97. The number of benzene rings is 2. The van der Waals surface area contributed by atoms with Crippen LogP contribution in [0.1, 0.15) is 5.56 Å². The summed E-state index contributed by atoms with van der Waals surface area (Å²) in [6, 6.07) is 18.3. The van der Waals surface area contributed by atoms with Crippen molar-refractivity contribution >= 4 is 13.3 Å². The van der Waals surface area contributed by atoms with Gasteiger partial charge in [0.05, 0.1) is 0 Å². The number of hydrogen-bond donors (Lipinski definition) is 0. The van der Waals surface area contributed by atoms with Crippen LogP contribution in [-0.2, 0) is 6.61 Å². The molecule has 2 aromatic carbocycles. The van der Waals surface area contributed by atoms with Crippen LogP contribution in [0.3, 0.4) is 0 Å². The van der Waals surface area contributed by atoms with Gasteiger partial charge >= 0.3 is 0 Å². The maximum atomic E-state index is 5.65. The molecule has 4 N–H and O–H groups in total. The van der Waals surface area contributed by atoms with Gasteiger partial charge in [0.2, 0.25) is 0 Å². The van der Waals surface area contributed by atoms with Gasteiger partial charge in [0.1, 0.15) is 20.2 Å². The predicted molar refractivity (Wildman–Crippen MR) is 72.6 cm³/mol. The summed E-state index contributed by atoms with van der Waals surface area (Å²) in [6.07, 6.45) is 0. The molecule has 0 fully saturated rings. The van der Waals surface area contributed by atoms with Crippen LogP contribution in [0.25, 0.3) is 0 Å². The van der Waals surface area contributed by atoms with Crippen molar-refractivity contribution in [3.8, 4) is 5.75 Å². The van der Waals surface area contributed by atoms with E-state index < -0.39 is 0 Å². The van der Waals surface area contributed by atoms with Crippen molar-refractivity contribution in [1.29, 1.82) is 0 Å². The molecule has 4 heteroatoms. The normalized spacial score (nSPS) is 8.71. The van der Waals surface area contributed by atoms with Crippen molar-refractivity contribution in [3.05, 3.63) is 60.2 Å². The lowest BCUT2D eigenvalue weighted by Gasteiger charge is -2.06. The Bertz CT molecular complexity index is 414. The molecule has 3 nitrogen and oxygen atoms in total. The van der Waals surface area contributed by atoms with Gasteiger partial charge in [0.25, 0.3) is 0 Å². The summed E-state index contributed by atoms with van der Waals surface area (Å²) in [7, 11) is 2.07. The van der Waals surface area contributed by atoms with Crippen molar-refractivity contribution in [2.75, 3.05) is 0 Å². The maximum Gasteiger partial charge on any atom is 0.139 e. The van der Waals surface area contributed by atoms with E-state index in [1.54, 1.807) is 0 Å². The molecule has 0 aliphatic carbocycles. The molecule has 0 radical (unpaired) electrons. The molecule has 2 aromatic rings. The second-order valence-corrected chi connectivity index (χ2v) is 3.59. The minimum absolute atomic E-state index is 0. The van der Waals surface area contributed by atoms with E-state index in [4.69, 9.17) is 4.74 Å². The van der Waals surface area contributed by atoms with E-state index in [9.17, 15) is 0 Å². The van der Waals surface area contributed by atoms with Gasteiger partial charge in [-0.3, -0.25) is 0 Å². The van der Waals surface area contributed by atoms with E-state index in [1.165, 1.54) is 11.0 Å². The third-order valence-corrected chi connectivity index (χ3v) is 2.27. The molecular weight excluding hydrogens is 215 g/mol. The quantitative estimate of drug-likeness (QED) is 0.679. The topological polar surface area (TPSA) is 72.2 Å². The summed E-state index contributed by atoms with van der Waals surface area (Å²) in [5.74, 6) is 0.921. The minimum Gasteiger partial charge on any atom is -0.489 e. The zero-order valence-corrected chi connectivity index (χ0v) is 9.81. The first-order valence-corrected chi connectivity index (χ1v) is 5.08. The largest absolute Gasteiger partial charge is 0.489 e. The Morgan fingerprint density at radius 3 is 2.00 bits per heavy atom. The molecule has 0 saturated heterocycles. The summed E-state index contributed by atoms with van der Waals surface area (Å²) < 4.78 is 5.65. The lowest BCUT2D eigenvalue weighted by Crippen LogP contribution is -2.01. The fourth-order valence-electron chi connectivity index (χ4n) is 1.38. The molecular formula is C13H17BO3. The van der Waals surface area contributed by atoms with Gasteiger partial charge < -0.3 is 15.7 Å². The van der Waals surface area contributed by atoms with E-state index >= 15 is 0 Å². The summed E-state index contributed by atoms with van der Waals surface area (Å²) in [4.78, 5) is 0. The lowest BCUT2D eigenvalue weighted by molar-refractivity contribution is 0.306. The first kappa shape index (κ1) is 15.2. The molecule has 0 aliphatic heterocycles. The maximum absolute atomic E-state index is 5.65. The van der Waals surface area contributed by atoms with Gasteiger partial charge in [-0.15, -0.1) is 0 Å². The Kier molecular flexibility index (Phi) is 6.71. The van der Waals surface area contributed by atoms with Gasteiger partial charge in [-0.1, -0.05) is 47.9 Å². The Labute approximate surface area is 102 Å². The van der Waals surface area contributed by atoms with Crippen molar-refractivity contribution in [2.24, 2.45) is 0 Å². The Hall–Kier alpha value is -1.78. The number of ether oxygens (including phenoxy) is 1. The predicted octanol–water partition coefficient (Wildman–Crippen LogP) is -0.125. The molecule has 0 aromatic heterocycles. The third-order valence-electron chi connectivity index (χ3n) is 2.27. The Morgan fingerprint density at radius 2 is 1.41 bits per heavy atom. The zero-order valence-electron chi connectivity index (χ0n) is 9.81. The molecule has 0 bridgehead atoms. The monoisotopic (exact) mass is 232 g/mol. The molecule has 0 amide bonds. The van der Waals surface area contributed by atoms with Crippen LogP contribution >= 0.6 is 0 Å². The molecule has 0 atom stereocenters. The second-order valence-electron chi connectivity index (χ2n) is 3.59. The Morgan fingerprint density at radius 1 is 0.824 bits per heavy atom. The molecule has 2 rings (SSSR count). The summed E-state index contributed by atoms with van der Waals surface area (Å²) in [6.45, 7) is 0.629. The highest BCUT2D eigenvalue weighted by Crippen LogP contribution is 2.10. The van der Waals surface area contributed by atoms with Gasteiger partial charge in [0, 0.05) is 0 Å². The number of hydrogen-bond acceptors (Lipinski definition) is 1. The van der Waals surface area contributed by atoms with E-state index in [0.29, 0.717) is 6.61 Å². The smallest absolute Gasteiger partial charge is 0.139 e. The highest BCUT2D eigenvalue weighted by molar-refractivity contribution is 6.32. The first-order chi connectivity index (χ1) is 7.34. The van der Waals surface area contributed by atoms with Crippen molar-refractivity contribution in [3.63, 3.8) is 0 Å². The molecule has 0 heterocycles. The van der Waals surface area contributed by atoms with E-state index in [1.807, 2.05) is 30.3 Å². The van der Waals surface area contributed by atoms with Crippen LogP contribution < -0.4 is 10.2 Å². The first-order valence-electron chi connectivity index (χ1n) is 5.08. The average Bonchev–Trinajstić information content (AvgIpc) is 2.30. The zero-order chi connectivity index (χ0) is 10.5. The Balaban J connectivity index is 0.00000128. The van der Waals surface area contributed by atoms with Crippen molar-refractivity contribution in [2.45, 2.75) is 6.61 Å². The van der Waals surface area contributed by atoms with Crippen LogP contribution in [-0.4, -0.2) is 18.8 Å². The van der Waals surface area contributed by atoms with Crippen molar-refractivity contribution < 1.29 is 15.7 Å². The van der Waals surface area contributed by atoms with Crippen molar-refractivity contribution in [1.82, 2.24) is 0 Å². The SMILES string of the molecule is Bc1ccc(OCc2ccccc2)cc1.O.O. The van der Waals surface area contributed by atoms with Gasteiger partial charge in [-0.25, -0.2) is 0 Å². The molecule has 0 aliphatic rings. The van der Waals surface area contributed by atoms with E-state index in [2.05, 4.69) is 32.1 Å². The molecule has 17 heavy (non-hydrogen) atoms. The van der Waals surface area contributed by atoms with Crippen LogP contribution in [0.4, 0.5) is 0 Å². The van der Waals surface area contributed by atoms with E-state index in [0.717, 1.165) is 5.75 Å². The molecule has 0 unspecified atom stereocenters. The van der Waals surface area contributed by atoms with E-state index in [-0.39, 0.29) is 11.0 Å². The highest BCUT2D eigenvalue weighted by atomic mass is 16.5. The van der Waals surface area contributed by atoms with Crippen LogP contribution in [0, 0.1) is 0 Å². The average molecular weight is 232 g/mol. The van der Waals surface area contributed by atoms with Crippen LogP contribution in [0.15, 0.2) is 54.6 Å². The second kappa shape index (κ2) is 7.49.